The van der Waals surface area contributed by atoms with Crippen LogP contribution in [0.4, 0.5) is 4.39 Å². The molecule has 0 spiro atoms. The molecule has 0 aliphatic heterocycles. The van der Waals surface area contributed by atoms with E-state index in [1.54, 1.807) is 13.0 Å². The van der Waals surface area contributed by atoms with Crippen LogP contribution in [0.5, 0.6) is 0 Å². The van der Waals surface area contributed by atoms with Gasteiger partial charge in [0.1, 0.15) is 0 Å². The van der Waals surface area contributed by atoms with E-state index in [2.05, 4.69) is 4.74 Å². The molecule has 0 amide bonds. The second-order valence-corrected chi connectivity index (χ2v) is 1.99. The van der Waals surface area contributed by atoms with Crippen LogP contribution in [0, 0.1) is 0 Å². The number of ether oxygens (including phenoxy) is 1. The van der Waals surface area contributed by atoms with Gasteiger partial charge < -0.3 is 4.74 Å². The van der Waals surface area contributed by atoms with Crippen molar-refractivity contribution in [3.05, 3.63) is 12.2 Å². The molecule has 0 fully saturated rings. The molecule has 0 saturated carbocycles. The molecule has 11 heavy (non-hydrogen) atoms. The fourth-order valence-electron chi connectivity index (χ4n) is 0.556. The van der Waals surface area contributed by atoms with E-state index in [4.69, 9.17) is 0 Å². The number of alkyl halides is 1. The van der Waals surface area contributed by atoms with E-state index >= 15 is 0 Å². The maximum Gasteiger partial charge on any atom is 0.344 e. The average Bonchev–Trinajstić information content (AvgIpc) is 2.00. The normalized spacial score (nSPS) is 13.4. The van der Waals surface area contributed by atoms with Crippen LogP contribution in [0.2, 0.25) is 0 Å². The fraction of sp³-hybridized carbons (Fsp3) is 0.625. The maximum atomic E-state index is 12.6. The number of hydrogen-bond donors (Lipinski definition) is 0. The van der Waals surface area contributed by atoms with Gasteiger partial charge in [-0.3, -0.25) is 0 Å². The summed E-state index contributed by atoms with van der Waals surface area (Å²) in [4.78, 5) is 10.6. The SMILES string of the molecule is CC/C=C/C(F)C(=O)OCC. The molecule has 1 unspecified atom stereocenters. The first kappa shape index (κ1) is 10.1. The van der Waals surface area contributed by atoms with E-state index in [9.17, 15) is 9.18 Å². The molecule has 0 heterocycles. The van der Waals surface area contributed by atoms with Gasteiger partial charge >= 0.3 is 5.97 Å². The summed E-state index contributed by atoms with van der Waals surface area (Å²) in [6, 6.07) is 0. The minimum absolute atomic E-state index is 0.221. The van der Waals surface area contributed by atoms with Gasteiger partial charge in [0.15, 0.2) is 0 Å². The summed E-state index contributed by atoms with van der Waals surface area (Å²) >= 11 is 0. The Morgan fingerprint density at radius 1 is 1.64 bits per heavy atom. The first-order chi connectivity index (χ1) is 5.22. The summed E-state index contributed by atoms with van der Waals surface area (Å²) in [6.07, 6.45) is 1.93. The Morgan fingerprint density at radius 3 is 2.73 bits per heavy atom. The van der Waals surface area contributed by atoms with Crippen LogP contribution in [0.3, 0.4) is 0 Å². The summed E-state index contributed by atoms with van der Waals surface area (Å²) < 4.78 is 17.0. The third kappa shape index (κ3) is 4.53. The molecule has 0 aliphatic carbocycles. The molecule has 0 aromatic heterocycles. The molecule has 3 heteroatoms. The monoisotopic (exact) mass is 160 g/mol. The van der Waals surface area contributed by atoms with E-state index in [1.165, 1.54) is 6.08 Å². The van der Waals surface area contributed by atoms with Crippen molar-refractivity contribution in [2.75, 3.05) is 6.61 Å². The lowest BCUT2D eigenvalue weighted by molar-refractivity contribution is -0.147. The largest absolute Gasteiger partial charge is 0.464 e. The Balaban J connectivity index is 3.72. The van der Waals surface area contributed by atoms with Gasteiger partial charge in [0.2, 0.25) is 6.17 Å². The highest BCUT2D eigenvalue weighted by Crippen LogP contribution is 1.97. The first-order valence-electron chi connectivity index (χ1n) is 3.69. The Kier molecular flexibility index (Phi) is 5.43. The molecule has 0 aromatic rings. The molecule has 0 bridgehead atoms. The van der Waals surface area contributed by atoms with Gasteiger partial charge in [0.05, 0.1) is 6.61 Å². The van der Waals surface area contributed by atoms with Crippen molar-refractivity contribution < 1.29 is 13.9 Å². The summed E-state index contributed by atoms with van der Waals surface area (Å²) in [5.41, 5.74) is 0. The van der Waals surface area contributed by atoms with Crippen LogP contribution in [-0.4, -0.2) is 18.7 Å². The molecule has 0 aromatic carbocycles. The summed E-state index contributed by atoms with van der Waals surface area (Å²) in [5, 5.41) is 0. The zero-order chi connectivity index (χ0) is 8.69. The predicted octanol–water partition coefficient (Wildman–Crippen LogP) is 1.85. The summed E-state index contributed by atoms with van der Waals surface area (Å²) in [7, 11) is 0. The number of hydrogen-bond acceptors (Lipinski definition) is 2. The molecular weight excluding hydrogens is 147 g/mol. The molecule has 0 saturated heterocycles. The smallest absolute Gasteiger partial charge is 0.344 e. The topological polar surface area (TPSA) is 26.3 Å². The van der Waals surface area contributed by atoms with E-state index in [0.29, 0.717) is 0 Å². The molecule has 64 valence electrons. The van der Waals surface area contributed by atoms with Crippen LogP contribution < -0.4 is 0 Å². The second kappa shape index (κ2) is 5.89. The van der Waals surface area contributed by atoms with E-state index in [1.807, 2.05) is 6.92 Å². The predicted molar refractivity (Wildman–Crippen MR) is 41.0 cm³/mol. The number of esters is 1. The van der Waals surface area contributed by atoms with Crippen molar-refractivity contribution >= 4 is 5.97 Å². The minimum Gasteiger partial charge on any atom is -0.464 e. The van der Waals surface area contributed by atoms with Gasteiger partial charge in [-0.25, -0.2) is 9.18 Å². The van der Waals surface area contributed by atoms with Crippen molar-refractivity contribution in [2.45, 2.75) is 26.4 Å². The standard InChI is InChI=1S/C8H13FO2/c1-3-5-6-7(9)8(10)11-4-2/h5-7H,3-4H2,1-2H3/b6-5+. The number of carbonyl (C=O) groups excluding carboxylic acids is 1. The Labute approximate surface area is 66.0 Å². The van der Waals surface area contributed by atoms with Crippen molar-refractivity contribution in [1.82, 2.24) is 0 Å². The highest BCUT2D eigenvalue weighted by atomic mass is 19.1. The van der Waals surface area contributed by atoms with Gasteiger partial charge in [-0.15, -0.1) is 0 Å². The molecule has 2 nitrogen and oxygen atoms in total. The molecule has 1 atom stereocenters. The lowest BCUT2D eigenvalue weighted by Gasteiger charge is -2.01. The number of carbonyl (C=O) groups is 1. The third-order valence-corrected chi connectivity index (χ3v) is 1.05. The third-order valence-electron chi connectivity index (χ3n) is 1.05. The quantitative estimate of drug-likeness (QED) is 0.463. The number of halogens is 1. The molecule has 0 N–H and O–H groups in total. The van der Waals surface area contributed by atoms with Crippen molar-refractivity contribution in [2.24, 2.45) is 0 Å². The van der Waals surface area contributed by atoms with Crippen molar-refractivity contribution in [1.29, 1.82) is 0 Å². The maximum absolute atomic E-state index is 12.6. The first-order valence-corrected chi connectivity index (χ1v) is 3.69. The fourth-order valence-corrected chi connectivity index (χ4v) is 0.556. The van der Waals surface area contributed by atoms with Gasteiger partial charge in [-0.2, -0.15) is 0 Å². The van der Waals surface area contributed by atoms with Gasteiger partial charge in [-0.05, 0) is 19.4 Å². The number of rotatable bonds is 4. The van der Waals surface area contributed by atoms with Crippen LogP contribution >= 0.6 is 0 Å². The zero-order valence-electron chi connectivity index (χ0n) is 6.84. The van der Waals surface area contributed by atoms with Crippen LogP contribution in [0.15, 0.2) is 12.2 Å². The molecule has 0 aliphatic rings. The van der Waals surface area contributed by atoms with Crippen molar-refractivity contribution in [3.63, 3.8) is 0 Å². The van der Waals surface area contributed by atoms with E-state index < -0.39 is 12.1 Å². The summed E-state index contributed by atoms with van der Waals surface area (Å²) in [5.74, 6) is -0.808. The Hall–Kier alpha value is -0.860. The molecule has 0 rings (SSSR count). The Morgan fingerprint density at radius 2 is 2.27 bits per heavy atom. The second-order valence-electron chi connectivity index (χ2n) is 1.99. The number of allylic oxidation sites excluding steroid dienone is 1. The van der Waals surface area contributed by atoms with Crippen LogP contribution in [0.25, 0.3) is 0 Å². The van der Waals surface area contributed by atoms with Crippen LogP contribution in [0.1, 0.15) is 20.3 Å². The minimum atomic E-state index is -1.60. The van der Waals surface area contributed by atoms with Gasteiger partial charge in [0, 0.05) is 0 Å². The van der Waals surface area contributed by atoms with E-state index in [0.717, 1.165) is 6.42 Å². The highest BCUT2D eigenvalue weighted by Gasteiger charge is 2.13. The molecular formula is C8H13FO2. The van der Waals surface area contributed by atoms with Crippen molar-refractivity contribution in [3.8, 4) is 0 Å². The highest BCUT2D eigenvalue weighted by molar-refractivity contribution is 5.76. The molecule has 0 radical (unpaired) electrons. The van der Waals surface area contributed by atoms with Crippen LogP contribution in [-0.2, 0) is 9.53 Å². The Bertz CT molecular complexity index is 143. The summed E-state index contributed by atoms with van der Waals surface area (Å²) in [6.45, 7) is 3.74. The average molecular weight is 160 g/mol. The van der Waals surface area contributed by atoms with Gasteiger partial charge in [-0.1, -0.05) is 13.0 Å². The lowest BCUT2D eigenvalue weighted by Crippen LogP contribution is -2.16. The lowest BCUT2D eigenvalue weighted by atomic mass is 10.3. The van der Waals surface area contributed by atoms with Gasteiger partial charge in [0.25, 0.3) is 0 Å². The zero-order valence-corrected chi connectivity index (χ0v) is 6.84. The van der Waals surface area contributed by atoms with E-state index in [-0.39, 0.29) is 6.61 Å².